The van der Waals surface area contributed by atoms with E-state index < -0.39 is 0 Å². The molecule has 0 aromatic heterocycles. The molecule has 0 unspecified atom stereocenters. The van der Waals surface area contributed by atoms with Gasteiger partial charge < -0.3 is 9.57 Å². The molecule has 0 spiro atoms. The molecule has 3 aliphatic carbocycles. The first-order valence-electron chi connectivity index (χ1n) is 11.4. The van der Waals surface area contributed by atoms with Crippen molar-refractivity contribution in [3.8, 4) is 11.8 Å². The Morgan fingerprint density at radius 1 is 1.06 bits per heavy atom. The number of hydrogen-bond acceptors (Lipinski definition) is 6. The smallest absolute Gasteiger partial charge is 0.233 e. The Balaban J connectivity index is 1.30. The van der Waals surface area contributed by atoms with Crippen LogP contribution < -0.4 is 4.74 Å². The van der Waals surface area contributed by atoms with Crippen LogP contribution >= 0.6 is 0 Å². The minimum atomic E-state index is -0.250. The second-order valence-corrected chi connectivity index (χ2v) is 9.47. The van der Waals surface area contributed by atoms with Gasteiger partial charge in [-0.1, -0.05) is 36.6 Å². The zero-order valence-corrected chi connectivity index (χ0v) is 17.3. The third kappa shape index (κ3) is 2.60. The number of rotatable bonds is 4. The summed E-state index contributed by atoms with van der Waals surface area (Å²) in [6, 6.07) is 9.61. The molecule has 0 radical (unpaired) electrons. The SMILES string of the molecule is N#CCOc1ccccc1C1=NO[C@@H]2[C@@H]3C[C@@H]([C@H]4C(=O)N(C5CCCCC5)C(=O)[C@@H]34)[C@H]12. The van der Waals surface area contributed by atoms with E-state index in [2.05, 4.69) is 5.16 Å². The van der Waals surface area contributed by atoms with Gasteiger partial charge in [0.1, 0.15) is 17.9 Å². The quantitative estimate of drug-likeness (QED) is 0.700. The number of carbonyl (C=O) groups is 2. The first-order valence-corrected chi connectivity index (χ1v) is 11.4. The van der Waals surface area contributed by atoms with Crippen LogP contribution in [0.5, 0.6) is 5.75 Å². The number of nitriles is 1. The molecular formula is C24H25N3O4. The molecule has 2 heterocycles. The molecule has 1 aromatic rings. The van der Waals surface area contributed by atoms with Gasteiger partial charge in [-0.25, -0.2) is 0 Å². The van der Waals surface area contributed by atoms with E-state index in [9.17, 15) is 9.59 Å². The summed E-state index contributed by atoms with van der Waals surface area (Å²) in [5, 5.41) is 13.3. The fraction of sp³-hybridized carbons (Fsp3) is 0.583. The molecule has 5 aliphatic rings. The highest BCUT2D eigenvalue weighted by Gasteiger charge is 2.70. The van der Waals surface area contributed by atoms with Crippen LogP contribution in [-0.2, 0) is 14.4 Å². The standard InChI is InChI=1S/C24H25N3O4/c25-10-11-30-17-9-5-4-8-14(17)21-20-15-12-16(22(20)31-26-21)19-18(15)23(28)27(24(19)29)13-6-2-1-3-7-13/h4-5,8-9,13,15-16,18-20,22H,1-3,6-7,11-12H2/t15-,16+,18+,19-,20+,22+/m0/s1. The molecule has 3 saturated carbocycles. The van der Waals surface area contributed by atoms with E-state index in [0.717, 1.165) is 43.4 Å². The Hall–Kier alpha value is -2.88. The molecule has 4 fully saturated rings. The summed E-state index contributed by atoms with van der Waals surface area (Å²) in [4.78, 5) is 34.4. The van der Waals surface area contributed by atoms with Crippen molar-refractivity contribution in [1.82, 2.24) is 4.90 Å². The van der Waals surface area contributed by atoms with Gasteiger partial charge in [-0.2, -0.15) is 5.26 Å². The van der Waals surface area contributed by atoms with E-state index in [-0.39, 0.29) is 60.2 Å². The van der Waals surface area contributed by atoms with E-state index in [4.69, 9.17) is 14.8 Å². The second-order valence-electron chi connectivity index (χ2n) is 9.47. The van der Waals surface area contributed by atoms with Gasteiger partial charge in [0.15, 0.2) is 6.61 Å². The lowest BCUT2D eigenvalue weighted by molar-refractivity contribution is -0.144. The molecule has 6 atom stereocenters. The normalized spacial score (nSPS) is 36.1. The van der Waals surface area contributed by atoms with Gasteiger partial charge in [-0.05, 0) is 37.3 Å². The van der Waals surface area contributed by atoms with E-state index in [1.165, 1.54) is 6.42 Å². The predicted molar refractivity (Wildman–Crippen MR) is 110 cm³/mol. The number of likely N-dealkylation sites (tertiary alicyclic amines) is 1. The van der Waals surface area contributed by atoms with Crippen molar-refractivity contribution >= 4 is 17.5 Å². The van der Waals surface area contributed by atoms with Crippen LogP contribution in [0.25, 0.3) is 0 Å². The van der Waals surface area contributed by atoms with Gasteiger partial charge in [0.2, 0.25) is 11.8 Å². The molecule has 1 saturated heterocycles. The number of para-hydroxylation sites is 1. The highest BCUT2D eigenvalue weighted by molar-refractivity contribution is 6.09. The molecule has 2 amide bonds. The van der Waals surface area contributed by atoms with E-state index in [1.54, 1.807) is 4.90 Å². The number of fused-ring (bicyclic) bond motifs is 8. The topological polar surface area (TPSA) is 92.0 Å². The summed E-state index contributed by atoms with van der Waals surface area (Å²) in [5.74, 6) is 0.259. The Kier molecular flexibility index (Phi) is 4.31. The largest absolute Gasteiger partial charge is 0.478 e. The molecule has 2 aliphatic heterocycles. The molecular weight excluding hydrogens is 394 g/mol. The van der Waals surface area contributed by atoms with Gasteiger partial charge in [0.05, 0.1) is 17.5 Å². The monoisotopic (exact) mass is 419 g/mol. The zero-order chi connectivity index (χ0) is 21.1. The Labute approximate surface area is 181 Å². The van der Waals surface area contributed by atoms with Crippen molar-refractivity contribution in [1.29, 1.82) is 5.26 Å². The van der Waals surface area contributed by atoms with Crippen LogP contribution in [0.15, 0.2) is 29.4 Å². The number of ether oxygens (including phenoxy) is 1. The second kappa shape index (κ2) is 7.08. The maximum atomic E-state index is 13.5. The molecule has 6 rings (SSSR count). The maximum absolute atomic E-state index is 13.5. The number of carbonyl (C=O) groups excluding carboxylic acids is 2. The lowest BCUT2D eigenvalue weighted by Crippen LogP contribution is -2.42. The van der Waals surface area contributed by atoms with Gasteiger partial charge in [0.25, 0.3) is 0 Å². The van der Waals surface area contributed by atoms with Gasteiger partial charge >= 0.3 is 0 Å². The van der Waals surface area contributed by atoms with Crippen molar-refractivity contribution in [3.63, 3.8) is 0 Å². The number of oxime groups is 1. The Bertz CT molecular complexity index is 1010. The van der Waals surface area contributed by atoms with Crippen molar-refractivity contribution < 1.29 is 19.2 Å². The predicted octanol–water partition coefficient (Wildman–Crippen LogP) is 2.89. The van der Waals surface area contributed by atoms with Crippen molar-refractivity contribution in [3.05, 3.63) is 29.8 Å². The Morgan fingerprint density at radius 3 is 2.58 bits per heavy atom. The van der Waals surface area contributed by atoms with Crippen LogP contribution in [0.1, 0.15) is 44.1 Å². The first-order chi connectivity index (χ1) is 15.2. The van der Waals surface area contributed by atoms with Crippen LogP contribution in [0.4, 0.5) is 0 Å². The minimum absolute atomic E-state index is 0.0128. The summed E-state index contributed by atoms with van der Waals surface area (Å²) >= 11 is 0. The highest BCUT2D eigenvalue weighted by Crippen LogP contribution is 2.62. The molecule has 1 aromatic carbocycles. The molecule has 2 bridgehead atoms. The number of hydrogen-bond donors (Lipinski definition) is 0. The lowest BCUT2D eigenvalue weighted by Gasteiger charge is -2.30. The summed E-state index contributed by atoms with van der Waals surface area (Å²) in [6.07, 6.45) is 5.92. The van der Waals surface area contributed by atoms with Crippen LogP contribution in [0.2, 0.25) is 0 Å². The van der Waals surface area contributed by atoms with E-state index >= 15 is 0 Å². The highest BCUT2D eigenvalue weighted by atomic mass is 16.6. The third-order valence-corrected chi connectivity index (χ3v) is 8.12. The molecule has 31 heavy (non-hydrogen) atoms. The van der Waals surface area contributed by atoms with Gasteiger partial charge in [-0.15, -0.1) is 0 Å². The van der Waals surface area contributed by atoms with E-state index in [0.29, 0.717) is 5.75 Å². The lowest BCUT2D eigenvalue weighted by atomic mass is 9.71. The van der Waals surface area contributed by atoms with E-state index in [1.807, 2.05) is 30.3 Å². The average molecular weight is 419 g/mol. The average Bonchev–Trinajstić information content (AvgIpc) is 3.53. The van der Waals surface area contributed by atoms with Crippen molar-refractivity contribution in [2.24, 2.45) is 34.7 Å². The number of imide groups is 1. The number of benzene rings is 1. The molecule has 7 nitrogen and oxygen atoms in total. The Morgan fingerprint density at radius 2 is 1.81 bits per heavy atom. The maximum Gasteiger partial charge on any atom is 0.233 e. The third-order valence-electron chi connectivity index (χ3n) is 8.12. The number of nitrogens with zero attached hydrogens (tertiary/aromatic N) is 3. The molecule has 160 valence electrons. The number of amides is 2. The van der Waals surface area contributed by atoms with Crippen LogP contribution in [0, 0.1) is 40.9 Å². The summed E-state index contributed by atoms with van der Waals surface area (Å²) in [5.41, 5.74) is 1.61. The van der Waals surface area contributed by atoms with Crippen molar-refractivity contribution in [2.45, 2.75) is 50.7 Å². The summed E-state index contributed by atoms with van der Waals surface area (Å²) < 4.78 is 5.62. The summed E-state index contributed by atoms with van der Waals surface area (Å²) in [6.45, 7) is -0.0423. The molecule has 0 N–H and O–H groups in total. The fourth-order valence-electron chi connectivity index (χ4n) is 6.98. The zero-order valence-electron chi connectivity index (χ0n) is 17.3. The van der Waals surface area contributed by atoms with Crippen LogP contribution in [0.3, 0.4) is 0 Å². The van der Waals surface area contributed by atoms with Gasteiger partial charge in [0, 0.05) is 23.4 Å². The van der Waals surface area contributed by atoms with Crippen LogP contribution in [-0.4, -0.2) is 41.2 Å². The molecule has 7 heteroatoms. The minimum Gasteiger partial charge on any atom is -0.478 e. The summed E-state index contributed by atoms with van der Waals surface area (Å²) in [7, 11) is 0. The van der Waals surface area contributed by atoms with Gasteiger partial charge in [-0.3, -0.25) is 14.5 Å². The fourth-order valence-corrected chi connectivity index (χ4v) is 6.98. The van der Waals surface area contributed by atoms with Crippen molar-refractivity contribution in [2.75, 3.05) is 6.61 Å². The first kappa shape index (κ1) is 18.9.